The van der Waals surface area contributed by atoms with Gasteiger partial charge in [-0.1, -0.05) is 13.8 Å². The van der Waals surface area contributed by atoms with Crippen LogP contribution in [0.5, 0.6) is 0 Å². The third kappa shape index (κ3) is 3.37. The van der Waals surface area contributed by atoms with Gasteiger partial charge < -0.3 is 0 Å². The zero-order valence-corrected chi connectivity index (χ0v) is 18.0. The molecule has 18 heavy (non-hydrogen) atoms. The van der Waals surface area contributed by atoms with E-state index in [2.05, 4.69) is 72.1 Å². The van der Waals surface area contributed by atoms with E-state index in [4.69, 9.17) is 0 Å². The molecule has 1 aliphatic rings. The van der Waals surface area contributed by atoms with Crippen molar-refractivity contribution in [3.05, 3.63) is 11.6 Å². The van der Waals surface area contributed by atoms with Crippen molar-refractivity contribution in [2.75, 3.05) is 46.7 Å². The van der Waals surface area contributed by atoms with Gasteiger partial charge in [-0.15, -0.1) is 0 Å². The Morgan fingerprint density at radius 2 is 1.39 bits per heavy atom. The van der Waals surface area contributed by atoms with E-state index in [1.54, 1.807) is 0 Å². The molecule has 0 saturated carbocycles. The minimum atomic E-state index is -0.797. The highest BCUT2D eigenvalue weighted by molar-refractivity contribution is 8.67. The van der Waals surface area contributed by atoms with Gasteiger partial charge >= 0.3 is 0 Å². The van der Waals surface area contributed by atoms with Gasteiger partial charge in [-0.2, -0.15) is 0 Å². The second-order valence-corrected chi connectivity index (χ2v) is 32.4. The van der Waals surface area contributed by atoms with Gasteiger partial charge in [-0.3, -0.25) is 0 Å². The van der Waals surface area contributed by atoms with Crippen LogP contribution in [0.4, 0.5) is 0 Å². The smallest absolute Gasteiger partial charge is 0.0552 e. The predicted octanol–water partition coefficient (Wildman–Crippen LogP) is 7.09. The van der Waals surface area contributed by atoms with Crippen molar-refractivity contribution in [2.24, 2.45) is 5.92 Å². The number of hydrogen-bond donors (Lipinski definition) is 0. The van der Waals surface area contributed by atoms with Crippen LogP contribution in [0.1, 0.15) is 13.8 Å². The molecule has 0 aromatic rings. The summed E-state index contributed by atoms with van der Waals surface area (Å²) >= 11 is 0. The normalized spacial score (nSPS) is 41.2. The van der Waals surface area contributed by atoms with Crippen LogP contribution >= 0.6 is 36.4 Å². The summed E-state index contributed by atoms with van der Waals surface area (Å²) in [5, 5.41) is 1.05. The molecule has 0 nitrogen and oxygen atoms in total. The average Bonchev–Trinajstić information content (AvgIpc) is 2.21. The SMILES string of the molecule is CC(C)C1[P+](C)(C)P(C)/C=C\P(C)P(C)[P+]1(C)C. The molecule has 0 amide bonds. The topological polar surface area (TPSA) is 0 Å². The summed E-state index contributed by atoms with van der Waals surface area (Å²) in [5.74, 6) is 6.15. The lowest BCUT2D eigenvalue weighted by molar-refractivity contribution is 0.707. The largest absolute Gasteiger partial charge is 0.175 e. The van der Waals surface area contributed by atoms with E-state index in [1.165, 1.54) is 0 Å². The lowest BCUT2D eigenvalue weighted by Crippen LogP contribution is -2.21. The van der Waals surface area contributed by atoms with Crippen molar-refractivity contribution in [2.45, 2.75) is 19.2 Å². The van der Waals surface area contributed by atoms with E-state index >= 15 is 0 Å². The maximum atomic E-state index is 2.69. The van der Waals surface area contributed by atoms with Crippen LogP contribution in [0.2, 0.25) is 0 Å². The van der Waals surface area contributed by atoms with Gasteiger partial charge in [-0.05, 0) is 39.2 Å². The Morgan fingerprint density at radius 1 is 0.889 bits per heavy atom. The fourth-order valence-electron chi connectivity index (χ4n) is 3.33. The molecule has 1 aliphatic heterocycles. The zero-order chi connectivity index (χ0) is 14.3. The minimum Gasteiger partial charge on any atom is -0.0552 e. The molecular formula is C13H31P5+2. The first kappa shape index (κ1) is 17.9. The standard InChI is InChI=1S/C13H31P5/c1-12(2)13-17(6,7)15(4)11-10-14(3)16(5)18(13,8)9/h10-13H,1-9H3/q+2/b11-10-. The fraction of sp³-hybridized carbons (Fsp3) is 0.846. The van der Waals surface area contributed by atoms with Gasteiger partial charge in [0, 0.05) is 5.92 Å². The fourth-order valence-corrected chi connectivity index (χ4v) is 41.0. The molecule has 0 saturated heterocycles. The zero-order valence-electron chi connectivity index (χ0n) is 13.5. The molecule has 0 aliphatic carbocycles. The molecule has 0 fully saturated rings. The predicted molar refractivity (Wildman–Crippen MR) is 104 cm³/mol. The summed E-state index contributed by atoms with van der Waals surface area (Å²) in [7, 11) is 0.532. The molecule has 0 spiro atoms. The van der Waals surface area contributed by atoms with E-state index in [0.717, 1.165) is 11.3 Å². The van der Waals surface area contributed by atoms with Gasteiger partial charge in [-0.25, -0.2) is 0 Å². The molecule has 0 aromatic heterocycles. The Hall–Kier alpha value is 1.89. The summed E-state index contributed by atoms with van der Waals surface area (Å²) < 4.78 is 0. The van der Waals surface area contributed by atoms with Crippen molar-refractivity contribution in [1.82, 2.24) is 0 Å². The molecule has 4 atom stereocenters. The van der Waals surface area contributed by atoms with Crippen LogP contribution in [-0.4, -0.2) is 52.1 Å². The van der Waals surface area contributed by atoms with Crippen LogP contribution in [0.3, 0.4) is 0 Å². The second kappa shape index (κ2) is 6.34. The summed E-state index contributed by atoms with van der Waals surface area (Å²) in [6, 6.07) is 0. The molecule has 0 radical (unpaired) electrons. The Labute approximate surface area is 120 Å². The van der Waals surface area contributed by atoms with Crippen molar-refractivity contribution < 1.29 is 0 Å². The Morgan fingerprint density at radius 3 is 1.83 bits per heavy atom. The van der Waals surface area contributed by atoms with Crippen LogP contribution in [-0.2, 0) is 0 Å². The molecule has 0 aromatic carbocycles. The summed E-state index contributed by atoms with van der Waals surface area (Å²) in [6.45, 7) is 21.8. The second-order valence-electron chi connectivity index (χ2n) is 6.55. The lowest BCUT2D eigenvalue weighted by Gasteiger charge is -2.43. The maximum Gasteiger partial charge on any atom is 0.175 e. The first-order valence-electron chi connectivity index (χ1n) is 6.58. The third-order valence-corrected chi connectivity index (χ3v) is 39.2. The van der Waals surface area contributed by atoms with E-state index in [9.17, 15) is 0 Å². The van der Waals surface area contributed by atoms with Crippen LogP contribution < -0.4 is 0 Å². The first-order chi connectivity index (χ1) is 8.02. The van der Waals surface area contributed by atoms with Crippen molar-refractivity contribution in [1.29, 1.82) is 0 Å². The van der Waals surface area contributed by atoms with Crippen molar-refractivity contribution >= 4 is 36.4 Å². The Balaban J connectivity index is 3.35. The minimum absolute atomic E-state index is 0.130. The van der Waals surface area contributed by atoms with Gasteiger partial charge in [0.15, 0.2) is 5.40 Å². The maximum absolute atomic E-state index is 2.69. The van der Waals surface area contributed by atoms with Crippen molar-refractivity contribution in [3.8, 4) is 0 Å². The highest BCUT2D eigenvalue weighted by Crippen LogP contribution is 3.03. The molecule has 5 heteroatoms. The van der Waals surface area contributed by atoms with E-state index in [0.29, 0.717) is 0 Å². The highest BCUT2D eigenvalue weighted by Gasteiger charge is 2.59. The summed E-state index contributed by atoms with van der Waals surface area (Å²) in [4.78, 5) is 0. The molecule has 106 valence electrons. The quantitative estimate of drug-likeness (QED) is 0.446. The highest BCUT2D eigenvalue weighted by atomic mass is 32.5. The number of rotatable bonds is 1. The van der Waals surface area contributed by atoms with Gasteiger partial charge in [0.05, 0.1) is 55.5 Å². The Bertz CT molecular complexity index is 321. The molecule has 0 bridgehead atoms. The molecule has 0 N–H and O–H groups in total. The summed E-state index contributed by atoms with van der Waals surface area (Å²) in [5.41, 5.74) is 0. The van der Waals surface area contributed by atoms with Crippen LogP contribution in [0.25, 0.3) is 0 Å². The lowest BCUT2D eigenvalue weighted by atomic mass is 10.3. The molecular weight excluding hydrogens is 311 g/mol. The summed E-state index contributed by atoms with van der Waals surface area (Å²) in [6.07, 6.45) is 0. The monoisotopic (exact) mass is 342 g/mol. The average molecular weight is 342 g/mol. The van der Waals surface area contributed by atoms with Crippen LogP contribution in [0.15, 0.2) is 11.6 Å². The van der Waals surface area contributed by atoms with Gasteiger partial charge in [0.25, 0.3) is 0 Å². The molecule has 4 unspecified atom stereocenters. The van der Waals surface area contributed by atoms with E-state index < -0.39 is 13.9 Å². The first-order valence-corrected chi connectivity index (χ1v) is 19.7. The van der Waals surface area contributed by atoms with Crippen molar-refractivity contribution in [3.63, 3.8) is 0 Å². The molecule has 1 rings (SSSR count). The number of hydrogen-bond acceptors (Lipinski definition) is 0. The third-order valence-electron chi connectivity index (χ3n) is 4.40. The van der Waals surface area contributed by atoms with Crippen LogP contribution in [0, 0.1) is 5.92 Å². The van der Waals surface area contributed by atoms with Gasteiger partial charge in [0.1, 0.15) is 0 Å². The van der Waals surface area contributed by atoms with E-state index in [1.807, 2.05) is 0 Å². The van der Waals surface area contributed by atoms with Gasteiger partial charge in [0.2, 0.25) is 0 Å². The molecule has 1 heterocycles. The van der Waals surface area contributed by atoms with E-state index in [-0.39, 0.29) is 22.5 Å². The Kier molecular flexibility index (Phi) is 6.32.